The van der Waals surface area contributed by atoms with Crippen LogP contribution in [0.5, 0.6) is 0 Å². The molecule has 1 atom stereocenters. The SMILES string of the molecule is CCCCCCCCCC(CCC)N(C)C.O=P(O)(O)O. The van der Waals surface area contributed by atoms with Crippen molar-refractivity contribution in [1.29, 1.82) is 0 Å². The van der Waals surface area contributed by atoms with E-state index in [0.29, 0.717) is 0 Å². The van der Waals surface area contributed by atoms with E-state index in [1.54, 1.807) is 0 Å². The normalized spacial score (nSPS) is 13.0. The lowest BCUT2D eigenvalue weighted by atomic mass is 10.0. The van der Waals surface area contributed by atoms with Gasteiger partial charge in [-0.3, -0.25) is 0 Å². The lowest BCUT2D eigenvalue weighted by molar-refractivity contribution is 0.256. The third-order valence-corrected chi connectivity index (χ3v) is 3.49. The monoisotopic (exact) mass is 325 g/mol. The van der Waals surface area contributed by atoms with Crippen LogP contribution in [0.4, 0.5) is 0 Å². The van der Waals surface area contributed by atoms with Crippen LogP contribution >= 0.6 is 7.82 Å². The molecule has 130 valence electrons. The van der Waals surface area contributed by atoms with Gasteiger partial charge in [-0.25, -0.2) is 4.57 Å². The van der Waals surface area contributed by atoms with E-state index in [2.05, 4.69) is 32.8 Å². The molecule has 0 aromatic rings. The minimum atomic E-state index is -4.64. The average molecular weight is 325 g/mol. The van der Waals surface area contributed by atoms with E-state index in [4.69, 9.17) is 19.2 Å². The highest BCUT2D eigenvalue weighted by molar-refractivity contribution is 7.45. The van der Waals surface area contributed by atoms with Crippen molar-refractivity contribution >= 4 is 7.82 Å². The van der Waals surface area contributed by atoms with Gasteiger partial charge in [-0.05, 0) is 26.9 Å². The fourth-order valence-corrected chi connectivity index (χ4v) is 2.33. The number of hydrogen-bond acceptors (Lipinski definition) is 2. The Morgan fingerprint density at radius 2 is 1.24 bits per heavy atom. The first-order valence-electron chi connectivity index (χ1n) is 8.17. The zero-order valence-electron chi connectivity index (χ0n) is 14.3. The Morgan fingerprint density at radius 1 is 0.810 bits per heavy atom. The second kappa shape index (κ2) is 15.0. The summed E-state index contributed by atoms with van der Waals surface area (Å²) < 4.78 is 8.88. The van der Waals surface area contributed by atoms with Gasteiger partial charge in [-0.15, -0.1) is 0 Å². The van der Waals surface area contributed by atoms with Gasteiger partial charge in [0.25, 0.3) is 0 Å². The van der Waals surface area contributed by atoms with Crippen molar-refractivity contribution in [2.45, 2.75) is 84.1 Å². The highest BCUT2D eigenvalue weighted by Crippen LogP contribution is 2.25. The molecule has 0 aliphatic rings. The molecule has 0 aliphatic carbocycles. The standard InChI is InChI=1S/C15H33N.H3O4P/c1-5-7-8-9-10-11-12-14-15(13-6-2)16(3)4;1-5(2,3)4/h15H,5-14H2,1-4H3;(H3,1,2,3,4). The number of hydrogen-bond donors (Lipinski definition) is 3. The highest BCUT2D eigenvalue weighted by Gasteiger charge is 2.08. The summed E-state index contributed by atoms with van der Waals surface area (Å²) >= 11 is 0. The van der Waals surface area contributed by atoms with Crippen molar-refractivity contribution in [3.63, 3.8) is 0 Å². The molecule has 0 radical (unpaired) electrons. The van der Waals surface area contributed by atoms with Crippen LogP contribution in [0.2, 0.25) is 0 Å². The zero-order valence-corrected chi connectivity index (χ0v) is 15.2. The molecule has 0 heterocycles. The Morgan fingerprint density at radius 3 is 1.62 bits per heavy atom. The van der Waals surface area contributed by atoms with E-state index < -0.39 is 7.82 Å². The first kappa shape index (κ1) is 23.3. The fourth-order valence-electron chi connectivity index (χ4n) is 2.33. The van der Waals surface area contributed by atoms with E-state index in [-0.39, 0.29) is 0 Å². The zero-order chi connectivity index (χ0) is 16.7. The van der Waals surface area contributed by atoms with Crippen LogP contribution in [-0.4, -0.2) is 39.7 Å². The molecule has 5 nitrogen and oxygen atoms in total. The van der Waals surface area contributed by atoms with E-state index >= 15 is 0 Å². The van der Waals surface area contributed by atoms with Crippen LogP contribution in [0.1, 0.15) is 78.1 Å². The lowest BCUT2D eigenvalue weighted by Gasteiger charge is -2.23. The third-order valence-electron chi connectivity index (χ3n) is 3.49. The number of rotatable bonds is 11. The van der Waals surface area contributed by atoms with Gasteiger partial charge in [0.15, 0.2) is 0 Å². The van der Waals surface area contributed by atoms with Gasteiger partial charge in [-0.1, -0.05) is 65.2 Å². The Hall–Kier alpha value is 0.0700. The van der Waals surface area contributed by atoms with Crippen LogP contribution in [0.25, 0.3) is 0 Å². The highest BCUT2D eigenvalue weighted by atomic mass is 31.2. The molecule has 0 amide bonds. The van der Waals surface area contributed by atoms with Crippen LogP contribution in [-0.2, 0) is 4.57 Å². The Labute approximate surface area is 131 Å². The topological polar surface area (TPSA) is 81.0 Å². The largest absolute Gasteiger partial charge is 0.466 e. The molecule has 0 aromatic heterocycles. The molecule has 0 bridgehead atoms. The first-order valence-corrected chi connectivity index (χ1v) is 9.73. The molecule has 0 saturated heterocycles. The lowest BCUT2D eigenvalue weighted by Crippen LogP contribution is -2.27. The molecule has 6 heteroatoms. The van der Waals surface area contributed by atoms with Gasteiger partial charge in [0.05, 0.1) is 0 Å². The Bertz CT molecular complexity index is 248. The molecule has 0 rings (SSSR count). The molecule has 0 aromatic carbocycles. The summed E-state index contributed by atoms with van der Waals surface area (Å²) in [5, 5.41) is 0. The predicted molar refractivity (Wildman–Crippen MR) is 89.3 cm³/mol. The van der Waals surface area contributed by atoms with Gasteiger partial charge in [0.2, 0.25) is 0 Å². The van der Waals surface area contributed by atoms with Crippen molar-refractivity contribution in [3.8, 4) is 0 Å². The Balaban J connectivity index is 0. The fraction of sp³-hybridized carbons (Fsp3) is 1.00. The maximum Gasteiger partial charge on any atom is 0.466 e. The maximum atomic E-state index is 8.88. The average Bonchev–Trinajstić information content (AvgIpc) is 2.34. The Kier molecular flexibility index (Phi) is 16.7. The van der Waals surface area contributed by atoms with Crippen LogP contribution in [0.15, 0.2) is 0 Å². The van der Waals surface area contributed by atoms with Gasteiger partial charge in [-0.2, -0.15) is 0 Å². The molecule has 0 aliphatic heterocycles. The molecule has 0 fully saturated rings. The molecule has 0 saturated carbocycles. The molecule has 21 heavy (non-hydrogen) atoms. The first-order chi connectivity index (χ1) is 9.72. The summed E-state index contributed by atoms with van der Waals surface area (Å²) in [5.41, 5.74) is 0. The van der Waals surface area contributed by atoms with E-state index in [0.717, 1.165) is 6.04 Å². The van der Waals surface area contributed by atoms with Gasteiger partial charge in [0, 0.05) is 6.04 Å². The minimum Gasteiger partial charge on any atom is -0.306 e. The summed E-state index contributed by atoms with van der Waals surface area (Å²) in [6.45, 7) is 4.58. The minimum absolute atomic E-state index is 0.820. The van der Waals surface area contributed by atoms with Crippen LogP contribution in [0.3, 0.4) is 0 Å². The van der Waals surface area contributed by atoms with Crippen molar-refractivity contribution in [3.05, 3.63) is 0 Å². The molecule has 3 N–H and O–H groups in total. The van der Waals surface area contributed by atoms with E-state index in [1.165, 1.54) is 64.2 Å². The van der Waals surface area contributed by atoms with Gasteiger partial charge >= 0.3 is 7.82 Å². The van der Waals surface area contributed by atoms with Crippen molar-refractivity contribution in [1.82, 2.24) is 4.90 Å². The number of unbranched alkanes of at least 4 members (excludes halogenated alkanes) is 6. The quantitative estimate of drug-likeness (QED) is 0.396. The second-order valence-electron chi connectivity index (χ2n) is 5.83. The van der Waals surface area contributed by atoms with Crippen molar-refractivity contribution < 1.29 is 19.2 Å². The van der Waals surface area contributed by atoms with Crippen molar-refractivity contribution in [2.75, 3.05) is 14.1 Å². The van der Waals surface area contributed by atoms with E-state index in [9.17, 15) is 0 Å². The summed E-state index contributed by atoms with van der Waals surface area (Å²) in [7, 11) is -0.191. The number of nitrogens with zero attached hydrogens (tertiary/aromatic N) is 1. The predicted octanol–water partition coefficient (Wildman–Crippen LogP) is 3.93. The smallest absolute Gasteiger partial charge is 0.306 e. The van der Waals surface area contributed by atoms with Crippen molar-refractivity contribution in [2.24, 2.45) is 0 Å². The summed E-state index contributed by atoms with van der Waals surface area (Å²) in [4.78, 5) is 24.0. The van der Waals surface area contributed by atoms with Gasteiger partial charge < -0.3 is 19.6 Å². The summed E-state index contributed by atoms with van der Waals surface area (Å²) in [6, 6.07) is 0.820. The number of phosphoric acid groups is 1. The summed E-state index contributed by atoms with van der Waals surface area (Å²) in [6.07, 6.45) is 14.1. The molecular weight excluding hydrogens is 289 g/mol. The maximum absolute atomic E-state index is 8.88. The summed E-state index contributed by atoms with van der Waals surface area (Å²) in [5.74, 6) is 0. The molecular formula is C15H36NO4P. The van der Waals surface area contributed by atoms with Crippen LogP contribution < -0.4 is 0 Å². The van der Waals surface area contributed by atoms with Gasteiger partial charge in [0.1, 0.15) is 0 Å². The van der Waals surface area contributed by atoms with E-state index in [1.807, 2.05) is 0 Å². The molecule has 0 spiro atoms. The molecule has 1 unspecified atom stereocenters. The van der Waals surface area contributed by atoms with Crippen LogP contribution in [0, 0.1) is 0 Å². The third kappa shape index (κ3) is 25.4. The second-order valence-corrected chi connectivity index (χ2v) is 6.86.